The van der Waals surface area contributed by atoms with Gasteiger partial charge in [0.2, 0.25) is 0 Å². The van der Waals surface area contributed by atoms with Gasteiger partial charge in [0.05, 0.1) is 0 Å². The maximum Gasteiger partial charge on any atom is 0.306 e. The van der Waals surface area contributed by atoms with Crippen LogP contribution in [0.15, 0.2) is 122 Å². The summed E-state index contributed by atoms with van der Waals surface area (Å²) >= 11 is 0. The lowest BCUT2D eigenvalue weighted by molar-refractivity contribution is -0.167. The van der Waals surface area contributed by atoms with Gasteiger partial charge in [-0.15, -0.1) is 0 Å². The maximum atomic E-state index is 12.9. The number of carbonyl (C=O) groups excluding carboxylic acids is 3. The standard InChI is InChI=1S/C75H126O6/c1-4-7-10-13-16-19-22-24-26-28-30-31-32-33-34-35-36-37-38-39-40-41-42-43-45-46-48-50-53-56-59-62-65-68-74(77)80-71-72(70-79-73(76)67-64-61-58-55-52-21-18-15-12-9-6-3)81-75(78)69-66-63-60-57-54-51-49-47-44-29-27-25-23-20-17-14-11-8-5-2/h7-8,10-11,15-20,24-27,30-31,44,47,51,54,72H,4-6,9,12-14,21-23,28-29,32-43,45-46,48-50,52-53,55-71H2,1-3H3/b10-7-,11-8-,18-15-,19-16-,20-17-,26-24-,27-25-,31-30-,47-44-,54-51-. The molecule has 0 aromatic carbocycles. The molecule has 0 aromatic heterocycles. The molecule has 0 rings (SSSR count). The van der Waals surface area contributed by atoms with Crippen molar-refractivity contribution in [2.75, 3.05) is 13.2 Å². The van der Waals surface area contributed by atoms with Crippen molar-refractivity contribution >= 4 is 17.9 Å². The fourth-order valence-electron chi connectivity index (χ4n) is 9.38. The van der Waals surface area contributed by atoms with E-state index < -0.39 is 6.10 Å². The van der Waals surface area contributed by atoms with Crippen molar-refractivity contribution in [1.82, 2.24) is 0 Å². The predicted molar refractivity (Wildman–Crippen MR) is 353 cm³/mol. The van der Waals surface area contributed by atoms with Crippen LogP contribution in [0.25, 0.3) is 0 Å². The van der Waals surface area contributed by atoms with Gasteiger partial charge in [-0.2, -0.15) is 0 Å². The highest BCUT2D eigenvalue weighted by atomic mass is 16.6. The van der Waals surface area contributed by atoms with Crippen LogP contribution >= 0.6 is 0 Å². The zero-order valence-corrected chi connectivity index (χ0v) is 53.0. The largest absolute Gasteiger partial charge is 0.462 e. The van der Waals surface area contributed by atoms with Crippen molar-refractivity contribution in [1.29, 1.82) is 0 Å². The van der Waals surface area contributed by atoms with Gasteiger partial charge in [-0.1, -0.05) is 296 Å². The Kier molecular flexibility index (Phi) is 64.8. The van der Waals surface area contributed by atoms with Gasteiger partial charge in [0.15, 0.2) is 6.10 Å². The molecule has 0 spiro atoms. The van der Waals surface area contributed by atoms with Crippen molar-refractivity contribution in [2.45, 2.75) is 322 Å². The Labute approximate surface area is 501 Å². The van der Waals surface area contributed by atoms with E-state index in [1.54, 1.807) is 0 Å². The van der Waals surface area contributed by atoms with E-state index in [0.29, 0.717) is 12.8 Å². The zero-order valence-electron chi connectivity index (χ0n) is 53.0. The molecular formula is C75H126O6. The Balaban J connectivity index is 4.18. The van der Waals surface area contributed by atoms with E-state index in [1.807, 2.05) is 0 Å². The van der Waals surface area contributed by atoms with Gasteiger partial charge in [0.1, 0.15) is 13.2 Å². The van der Waals surface area contributed by atoms with Gasteiger partial charge in [-0.3, -0.25) is 14.4 Å². The first-order valence-corrected chi connectivity index (χ1v) is 34.0. The lowest BCUT2D eigenvalue weighted by Crippen LogP contribution is -2.30. The molecule has 1 atom stereocenters. The molecule has 0 N–H and O–H groups in total. The van der Waals surface area contributed by atoms with Crippen LogP contribution in [-0.2, 0) is 28.6 Å². The minimum absolute atomic E-state index is 0.0931. The highest BCUT2D eigenvalue weighted by molar-refractivity contribution is 5.71. The average molecular weight is 1120 g/mol. The van der Waals surface area contributed by atoms with Crippen LogP contribution in [0.5, 0.6) is 0 Å². The van der Waals surface area contributed by atoms with Gasteiger partial charge in [0.25, 0.3) is 0 Å². The van der Waals surface area contributed by atoms with Crippen LogP contribution in [0, 0.1) is 0 Å². The normalized spacial score (nSPS) is 12.9. The Hall–Kier alpha value is -4.19. The third kappa shape index (κ3) is 66.5. The maximum absolute atomic E-state index is 12.9. The number of allylic oxidation sites excluding steroid dienone is 20. The highest BCUT2D eigenvalue weighted by Crippen LogP contribution is 2.17. The van der Waals surface area contributed by atoms with E-state index in [-0.39, 0.29) is 37.5 Å². The van der Waals surface area contributed by atoms with Gasteiger partial charge in [0, 0.05) is 19.3 Å². The molecule has 0 fully saturated rings. The SMILES string of the molecule is CC/C=C\C/C=C\C/C=C\C/C=C\C/C=C\CCCCCC(=O)OC(COC(=O)CCCCCCC/C=C\CCCC)COC(=O)CCCCCCCCCCCCCCCCCCCCCC/C=C\C/C=C\C/C=C\C/C=C\CC. The number of carbonyl (C=O) groups is 3. The van der Waals surface area contributed by atoms with E-state index in [4.69, 9.17) is 14.2 Å². The monoisotopic (exact) mass is 1120 g/mol. The Morgan fingerprint density at radius 2 is 0.481 bits per heavy atom. The molecule has 0 bridgehead atoms. The summed E-state index contributed by atoms with van der Waals surface area (Å²) in [4.78, 5) is 38.3. The third-order valence-electron chi connectivity index (χ3n) is 14.4. The second kappa shape index (κ2) is 68.3. The molecule has 462 valence electrons. The van der Waals surface area contributed by atoms with Crippen LogP contribution in [0.2, 0.25) is 0 Å². The van der Waals surface area contributed by atoms with Crippen LogP contribution < -0.4 is 0 Å². The molecule has 6 heteroatoms. The van der Waals surface area contributed by atoms with Gasteiger partial charge in [-0.05, 0) is 122 Å². The molecule has 0 aliphatic heterocycles. The number of rotatable bonds is 61. The first-order chi connectivity index (χ1) is 40.0. The van der Waals surface area contributed by atoms with E-state index in [0.717, 1.165) is 135 Å². The molecular weight excluding hydrogens is 997 g/mol. The summed E-state index contributed by atoms with van der Waals surface area (Å²) in [5.41, 5.74) is 0. The Morgan fingerprint density at radius 1 is 0.259 bits per heavy atom. The van der Waals surface area contributed by atoms with Crippen molar-refractivity contribution in [3.63, 3.8) is 0 Å². The number of ether oxygens (including phenoxy) is 3. The average Bonchev–Trinajstić information content (AvgIpc) is 3.47. The summed E-state index contributed by atoms with van der Waals surface area (Å²) in [5.74, 6) is -0.928. The van der Waals surface area contributed by atoms with Crippen molar-refractivity contribution in [3.8, 4) is 0 Å². The van der Waals surface area contributed by atoms with Crippen LogP contribution in [-0.4, -0.2) is 37.2 Å². The smallest absolute Gasteiger partial charge is 0.306 e. The van der Waals surface area contributed by atoms with E-state index in [9.17, 15) is 14.4 Å². The summed E-state index contributed by atoms with van der Waals surface area (Å²) in [7, 11) is 0. The lowest BCUT2D eigenvalue weighted by Gasteiger charge is -2.18. The zero-order chi connectivity index (χ0) is 58.5. The summed E-state index contributed by atoms with van der Waals surface area (Å²) in [6.07, 6.45) is 95.2. The molecule has 0 aliphatic carbocycles. The molecule has 0 aliphatic rings. The number of esters is 3. The van der Waals surface area contributed by atoms with Crippen LogP contribution in [0.1, 0.15) is 316 Å². The minimum atomic E-state index is -0.800. The van der Waals surface area contributed by atoms with Crippen molar-refractivity contribution in [3.05, 3.63) is 122 Å². The van der Waals surface area contributed by atoms with Gasteiger partial charge < -0.3 is 14.2 Å². The number of unbranched alkanes of at least 4 members (excludes halogenated alkanes) is 30. The summed E-state index contributed by atoms with van der Waals surface area (Å²) < 4.78 is 16.9. The number of hydrogen-bond donors (Lipinski definition) is 0. The molecule has 81 heavy (non-hydrogen) atoms. The fraction of sp³-hybridized carbons (Fsp3) is 0.693. The summed E-state index contributed by atoms with van der Waals surface area (Å²) in [6, 6.07) is 0. The second-order valence-electron chi connectivity index (χ2n) is 22.3. The van der Waals surface area contributed by atoms with Crippen molar-refractivity contribution < 1.29 is 28.6 Å². The van der Waals surface area contributed by atoms with Crippen LogP contribution in [0.4, 0.5) is 0 Å². The third-order valence-corrected chi connectivity index (χ3v) is 14.4. The Bertz CT molecular complexity index is 1670. The predicted octanol–water partition coefficient (Wildman–Crippen LogP) is 23.6. The molecule has 0 saturated heterocycles. The molecule has 6 nitrogen and oxygen atoms in total. The molecule has 0 heterocycles. The minimum Gasteiger partial charge on any atom is -0.462 e. The topological polar surface area (TPSA) is 78.9 Å². The second-order valence-corrected chi connectivity index (χ2v) is 22.3. The molecule has 0 amide bonds. The first-order valence-electron chi connectivity index (χ1n) is 34.0. The van der Waals surface area contributed by atoms with E-state index in [2.05, 4.69) is 142 Å². The van der Waals surface area contributed by atoms with Gasteiger partial charge >= 0.3 is 17.9 Å². The van der Waals surface area contributed by atoms with Crippen LogP contribution in [0.3, 0.4) is 0 Å². The molecule has 0 radical (unpaired) electrons. The molecule has 1 unspecified atom stereocenters. The van der Waals surface area contributed by atoms with Gasteiger partial charge in [-0.25, -0.2) is 0 Å². The Morgan fingerprint density at radius 3 is 0.778 bits per heavy atom. The summed E-state index contributed by atoms with van der Waals surface area (Å²) in [6.45, 7) is 6.36. The lowest BCUT2D eigenvalue weighted by atomic mass is 10.0. The fourth-order valence-corrected chi connectivity index (χ4v) is 9.38. The van der Waals surface area contributed by atoms with Crippen molar-refractivity contribution in [2.24, 2.45) is 0 Å². The molecule has 0 saturated carbocycles. The molecule has 0 aromatic rings. The number of hydrogen-bond acceptors (Lipinski definition) is 6. The summed E-state index contributed by atoms with van der Waals surface area (Å²) in [5, 5.41) is 0. The highest BCUT2D eigenvalue weighted by Gasteiger charge is 2.19. The quantitative estimate of drug-likeness (QED) is 0.0261. The van der Waals surface area contributed by atoms with E-state index >= 15 is 0 Å². The first kappa shape index (κ1) is 76.8. The van der Waals surface area contributed by atoms with E-state index in [1.165, 1.54) is 141 Å².